The summed E-state index contributed by atoms with van der Waals surface area (Å²) in [7, 11) is 1.65. The fourth-order valence-electron chi connectivity index (χ4n) is 3.11. The minimum absolute atomic E-state index is 0.132. The van der Waals surface area contributed by atoms with E-state index in [0.717, 1.165) is 40.1 Å². The van der Waals surface area contributed by atoms with Crippen LogP contribution in [-0.2, 0) is 6.54 Å². The third-order valence-electron chi connectivity index (χ3n) is 4.48. The van der Waals surface area contributed by atoms with Crippen LogP contribution in [0.3, 0.4) is 0 Å². The van der Waals surface area contributed by atoms with Gasteiger partial charge in [-0.1, -0.05) is 11.8 Å². The van der Waals surface area contributed by atoms with Gasteiger partial charge in [0.15, 0.2) is 10.9 Å². The lowest BCUT2D eigenvalue weighted by Gasteiger charge is -2.08. The van der Waals surface area contributed by atoms with Gasteiger partial charge in [-0.3, -0.25) is 9.36 Å². The summed E-state index contributed by atoms with van der Waals surface area (Å²) in [5.74, 6) is 1.30. The largest absolute Gasteiger partial charge is 0.497 e. The lowest BCUT2D eigenvalue weighted by Crippen LogP contribution is -2.06. The Kier molecular flexibility index (Phi) is 5.52. The predicted molar refractivity (Wildman–Crippen MR) is 105 cm³/mol. The topological polar surface area (TPSA) is 49.0 Å². The van der Waals surface area contributed by atoms with Gasteiger partial charge >= 0.3 is 0 Å². The zero-order valence-electron chi connectivity index (χ0n) is 15.5. The Hall–Kier alpha value is -2.47. The molecule has 2 aromatic heterocycles. The summed E-state index contributed by atoms with van der Waals surface area (Å²) >= 11 is 1.45. The predicted octanol–water partition coefficient (Wildman–Crippen LogP) is 4.29. The number of hydrogen-bond donors (Lipinski definition) is 0. The first-order valence-electron chi connectivity index (χ1n) is 8.55. The number of benzene rings is 1. The Morgan fingerprint density at radius 3 is 2.58 bits per heavy atom. The van der Waals surface area contributed by atoms with E-state index in [9.17, 15) is 4.79 Å². The molecule has 1 aromatic carbocycles. The molecule has 0 spiro atoms. The second kappa shape index (κ2) is 7.83. The van der Waals surface area contributed by atoms with E-state index in [1.54, 1.807) is 13.3 Å². The van der Waals surface area contributed by atoms with E-state index in [-0.39, 0.29) is 5.78 Å². The van der Waals surface area contributed by atoms with Gasteiger partial charge in [0.25, 0.3) is 0 Å². The molecule has 0 amide bonds. The van der Waals surface area contributed by atoms with Crippen LogP contribution in [0.4, 0.5) is 0 Å². The molecule has 5 nitrogen and oxygen atoms in total. The maximum atomic E-state index is 12.7. The number of ketones is 1. The molecule has 0 saturated carbocycles. The number of ether oxygens (including phenoxy) is 1. The molecule has 26 heavy (non-hydrogen) atoms. The third kappa shape index (κ3) is 3.55. The van der Waals surface area contributed by atoms with Gasteiger partial charge in [-0.25, -0.2) is 4.98 Å². The van der Waals surface area contributed by atoms with Crippen molar-refractivity contribution in [2.24, 2.45) is 0 Å². The van der Waals surface area contributed by atoms with E-state index in [0.29, 0.717) is 5.75 Å². The molecule has 0 fully saturated rings. The molecular weight excluding hydrogens is 346 g/mol. The number of imidazole rings is 1. The second-order valence-electron chi connectivity index (χ2n) is 6.02. The number of carbonyl (C=O) groups excluding carboxylic acids is 1. The van der Waals surface area contributed by atoms with Crippen LogP contribution < -0.4 is 4.74 Å². The average molecular weight is 369 g/mol. The molecule has 0 aliphatic heterocycles. The van der Waals surface area contributed by atoms with Crippen LogP contribution in [0.25, 0.3) is 5.69 Å². The lowest BCUT2D eigenvalue weighted by molar-refractivity contribution is 0.102. The summed E-state index contributed by atoms with van der Waals surface area (Å²) < 4.78 is 9.34. The number of thioether (sulfide) groups is 1. The highest BCUT2D eigenvalue weighted by Gasteiger charge is 2.16. The van der Waals surface area contributed by atoms with Gasteiger partial charge in [-0.05, 0) is 51.1 Å². The summed E-state index contributed by atoms with van der Waals surface area (Å²) in [6.07, 6.45) is 3.65. The molecular formula is C20H23N3O2S. The van der Waals surface area contributed by atoms with Crippen molar-refractivity contribution in [3.05, 3.63) is 59.7 Å². The van der Waals surface area contributed by atoms with Gasteiger partial charge in [0, 0.05) is 41.6 Å². The highest BCUT2D eigenvalue weighted by molar-refractivity contribution is 7.99. The van der Waals surface area contributed by atoms with E-state index in [4.69, 9.17) is 4.74 Å². The van der Waals surface area contributed by atoms with Crippen molar-refractivity contribution in [3.63, 3.8) is 0 Å². The van der Waals surface area contributed by atoms with Crippen LogP contribution >= 0.6 is 11.8 Å². The minimum atomic E-state index is 0.132. The van der Waals surface area contributed by atoms with Crippen molar-refractivity contribution in [3.8, 4) is 11.4 Å². The molecule has 6 heteroatoms. The fourth-order valence-corrected chi connectivity index (χ4v) is 3.97. The van der Waals surface area contributed by atoms with Crippen molar-refractivity contribution in [2.75, 3.05) is 12.9 Å². The minimum Gasteiger partial charge on any atom is -0.497 e. The normalized spacial score (nSPS) is 10.9. The van der Waals surface area contributed by atoms with E-state index in [2.05, 4.69) is 16.5 Å². The van der Waals surface area contributed by atoms with Crippen LogP contribution in [0.1, 0.15) is 28.7 Å². The first-order valence-corrected chi connectivity index (χ1v) is 9.54. The molecule has 0 aliphatic rings. The molecule has 3 aromatic rings. The van der Waals surface area contributed by atoms with Gasteiger partial charge in [0.2, 0.25) is 0 Å². The molecule has 0 aliphatic carbocycles. The van der Waals surface area contributed by atoms with Crippen molar-refractivity contribution >= 4 is 17.5 Å². The van der Waals surface area contributed by atoms with Crippen molar-refractivity contribution in [1.29, 1.82) is 0 Å². The van der Waals surface area contributed by atoms with Gasteiger partial charge in [0.1, 0.15) is 5.75 Å². The standard InChI is InChI=1S/C20H23N3O2S/c1-5-22-14(2)12-18(15(22)3)19(24)13-26-20-21-10-11-23(20)16-6-8-17(25-4)9-7-16/h6-12H,5,13H2,1-4H3. The van der Waals surface area contributed by atoms with E-state index in [1.807, 2.05) is 54.9 Å². The van der Waals surface area contributed by atoms with E-state index < -0.39 is 0 Å². The number of rotatable bonds is 7. The quantitative estimate of drug-likeness (QED) is 0.460. The smallest absolute Gasteiger partial charge is 0.175 e. The Labute approximate surface area is 158 Å². The Morgan fingerprint density at radius 2 is 1.96 bits per heavy atom. The summed E-state index contributed by atoms with van der Waals surface area (Å²) in [4.78, 5) is 17.1. The van der Waals surface area contributed by atoms with Crippen LogP contribution in [0.2, 0.25) is 0 Å². The monoisotopic (exact) mass is 369 g/mol. The number of nitrogens with zero attached hydrogens (tertiary/aromatic N) is 3. The number of hydrogen-bond acceptors (Lipinski definition) is 4. The summed E-state index contributed by atoms with van der Waals surface area (Å²) in [6.45, 7) is 7.01. The zero-order chi connectivity index (χ0) is 18.7. The molecule has 2 heterocycles. The molecule has 0 unspecified atom stereocenters. The lowest BCUT2D eigenvalue weighted by atomic mass is 10.2. The van der Waals surface area contributed by atoms with Crippen molar-refractivity contribution in [1.82, 2.24) is 14.1 Å². The summed E-state index contributed by atoms with van der Waals surface area (Å²) in [5, 5.41) is 0.799. The van der Waals surface area contributed by atoms with Crippen LogP contribution in [-0.4, -0.2) is 32.8 Å². The molecule has 0 radical (unpaired) electrons. The average Bonchev–Trinajstić information content (AvgIpc) is 3.23. The number of aryl methyl sites for hydroxylation is 1. The first kappa shape index (κ1) is 18.3. The fraction of sp³-hybridized carbons (Fsp3) is 0.300. The molecule has 0 bridgehead atoms. The molecule has 0 saturated heterocycles. The van der Waals surface area contributed by atoms with Crippen LogP contribution in [0.5, 0.6) is 5.75 Å². The number of Topliss-reactive ketones (excluding diaryl/α,β-unsaturated/α-hetero) is 1. The van der Waals surface area contributed by atoms with Crippen molar-refractivity contribution < 1.29 is 9.53 Å². The Morgan fingerprint density at radius 1 is 1.23 bits per heavy atom. The molecule has 3 rings (SSSR count). The van der Waals surface area contributed by atoms with Gasteiger partial charge in [0.05, 0.1) is 12.9 Å². The molecule has 0 atom stereocenters. The second-order valence-corrected chi connectivity index (χ2v) is 6.96. The van der Waals surface area contributed by atoms with Crippen LogP contribution in [0.15, 0.2) is 47.9 Å². The van der Waals surface area contributed by atoms with E-state index in [1.165, 1.54) is 11.8 Å². The SMILES string of the molecule is CCn1c(C)cc(C(=O)CSc2nccn2-c2ccc(OC)cc2)c1C. The van der Waals surface area contributed by atoms with Crippen LogP contribution in [0, 0.1) is 13.8 Å². The maximum Gasteiger partial charge on any atom is 0.175 e. The van der Waals surface area contributed by atoms with Gasteiger partial charge in [-0.15, -0.1) is 0 Å². The number of methoxy groups -OCH3 is 1. The van der Waals surface area contributed by atoms with Gasteiger partial charge in [-0.2, -0.15) is 0 Å². The Bertz CT molecular complexity index is 910. The highest BCUT2D eigenvalue weighted by Crippen LogP contribution is 2.24. The number of carbonyl (C=O) groups is 1. The first-order chi connectivity index (χ1) is 12.5. The van der Waals surface area contributed by atoms with E-state index >= 15 is 0 Å². The Balaban J connectivity index is 1.74. The zero-order valence-corrected chi connectivity index (χ0v) is 16.3. The third-order valence-corrected chi connectivity index (χ3v) is 5.45. The summed E-state index contributed by atoms with van der Waals surface area (Å²) in [5.41, 5.74) is 3.95. The molecule has 0 N–H and O–H groups in total. The maximum absolute atomic E-state index is 12.7. The number of aromatic nitrogens is 3. The van der Waals surface area contributed by atoms with Crippen molar-refractivity contribution in [2.45, 2.75) is 32.5 Å². The summed E-state index contributed by atoms with van der Waals surface area (Å²) in [6, 6.07) is 9.75. The molecule has 136 valence electrons. The highest BCUT2D eigenvalue weighted by atomic mass is 32.2. The van der Waals surface area contributed by atoms with Gasteiger partial charge < -0.3 is 9.30 Å².